The molecule has 0 aliphatic heterocycles. The smallest absolute Gasteiger partial charge is 0.226 e. The Kier molecular flexibility index (Phi) is 4.79. The number of H-pyrrole nitrogens is 1. The van der Waals surface area contributed by atoms with Gasteiger partial charge in [-0.25, -0.2) is 4.98 Å². The Labute approximate surface area is 141 Å². The lowest BCUT2D eigenvalue weighted by Gasteiger charge is -2.09. The van der Waals surface area contributed by atoms with Crippen LogP contribution in [0.15, 0.2) is 48.8 Å². The van der Waals surface area contributed by atoms with Gasteiger partial charge < -0.3 is 15.6 Å². The highest BCUT2D eigenvalue weighted by Gasteiger charge is 2.07. The van der Waals surface area contributed by atoms with Crippen molar-refractivity contribution < 1.29 is 4.79 Å². The second kappa shape index (κ2) is 7.17. The zero-order chi connectivity index (χ0) is 16.9. The molecule has 3 N–H and O–H groups in total. The molecular weight excluding hydrogens is 300 g/mol. The Bertz CT molecular complexity index is 821. The van der Waals surface area contributed by atoms with Crippen LogP contribution in [0.5, 0.6) is 0 Å². The molecule has 0 radical (unpaired) electrons. The second-order valence-corrected chi connectivity index (χ2v) is 6.11. The number of hydrogen-bond acceptors (Lipinski definition) is 3. The third-order valence-corrected chi connectivity index (χ3v) is 3.93. The fourth-order valence-corrected chi connectivity index (χ4v) is 2.52. The Balaban J connectivity index is 1.54. The van der Waals surface area contributed by atoms with Gasteiger partial charge in [-0.3, -0.25) is 4.79 Å². The SMILES string of the molecule is CC(C)C(=O)Nc1ccc(NCCc2c[nH]c3ccccc23)nc1. The number of nitrogens with one attached hydrogen (secondary N) is 3. The highest BCUT2D eigenvalue weighted by Crippen LogP contribution is 2.18. The van der Waals surface area contributed by atoms with Gasteiger partial charge in [0.05, 0.1) is 11.9 Å². The average molecular weight is 322 g/mol. The molecule has 0 spiro atoms. The number of hydrogen-bond donors (Lipinski definition) is 3. The lowest BCUT2D eigenvalue weighted by Crippen LogP contribution is -2.17. The number of fused-ring (bicyclic) bond motifs is 1. The summed E-state index contributed by atoms with van der Waals surface area (Å²) in [4.78, 5) is 19.3. The summed E-state index contributed by atoms with van der Waals surface area (Å²) < 4.78 is 0. The summed E-state index contributed by atoms with van der Waals surface area (Å²) in [6, 6.07) is 12.0. The maximum Gasteiger partial charge on any atom is 0.226 e. The lowest BCUT2D eigenvalue weighted by atomic mass is 10.1. The van der Waals surface area contributed by atoms with Crippen LogP contribution in [0.2, 0.25) is 0 Å². The van der Waals surface area contributed by atoms with Gasteiger partial charge in [0.2, 0.25) is 5.91 Å². The topological polar surface area (TPSA) is 69.8 Å². The van der Waals surface area contributed by atoms with Gasteiger partial charge in [0.25, 0.3) is 0 Å². The summed E-state index contributed by atoms with van der Waals surface area (Å²) in [5, 5.41) is 7.41. The molecule has 2 heterocycles. The predicted molar refractivity (Wildman–Crippen MR) is 98.2 cm³/mol. The van der Waals surface area contributed by atoms with Gasteiger partial charge in [-0.05, 0) is 30.2 Å². The molecule has 0 fully saturated rings. The number of aromatic amines is 1. The lowest BCUT2D eigenvalue weighted by molar-refractivity contribution is -0.118. The number of carbonyl (C=O) groups is 1. The molecule has 1 aromatic carbocycles. The van der Waals surface area contributed by atoms with E-state index in [0.717, 1.165) is 30.0 Å². The number of anilines is 2. The van der Waals surface area contributed by atoms with Crippen molar-refractivity contribution in [3.63, 3.8) is 0 Å². The van der Waals surface area contributed by atoms with Crippen molar-refractivity contribution in [2.45, 2.75) is 20.3 Å². The van der Waals surface area contributed by atoms with Crippen LogP contribution < -0.4 is 10.6 Å². The molecule has 0 atom stereocenters. The monoisotopic (exact) mass is 322 g/mol. The number of pyridine rings is 1. The molecule has 0 saturated carbocycles. The van der Waals surface area contributed by atoms with E-state index < -0.39 is 0 Å². The van der Waals surface area contributed by atoms with Gasteiger partial charge in [0, 0.05) is 29.6 Å². The summed E-state index contributed by atoms with van der Waals surface area (Å²) in [6.07, 6.45) is 4.65. The van der Waals surface area contributed by atoms with Gasteiger partial charge in [-0.2, -0.15) is 0 Å². The van der Waals surface area contributed by atoms with Crippen molar-refractivity contribution in [2.24, 2.45) is 5.92 Å². The number of rotatable bonds is 6. The molecular formula is C19H22N4O. The minimum Gasteiger partial charge on any atom is -0.370 e. The Morgan fingerprint density at radius 1 is 1.21 bits per heavy atom. The highest BCUT2D eigenvalue weighted by atomic mass is 16.1. The molecule has 2 aromatic heterocycles. The number of amides is 1. The average Bonchev–Trinajstić information content (AvgIpc) is 3.00. The minimum atomic E-state index is -0.0426. The number of para-hydroxylation sites is 1. The summed E-state index contributed by atoms with van der Waals surface area (Å²) in [7, 11) is 0. The van der Waals surface area contributed by atoms with Crippen LogP contribution in [-0.4, -0.2) is 22.4 Å². The maximum atomic E-state index is 11.7. The molecule has 24 heavy (non-hydrogen) atoms. The van der Waals surface area contributed by atoms with Crippen LogP contribution in [0.25, 0.3) is 10.9 Å². The Morgan fingerprint density at radius 3 is 2.79 bits per heavy atom. The molecule has 0 aliphatic carbocycles. The van der Waals surface area contributed by atoms with Gasteiger partial charge in [0.1, 0.15) is 5.82 Å². The molecule has 0 aliphatic rings. The van der Waals surface area contributed by atoms with E-state index in [0.29, 0.717) is 0 Å². The largest absolute Gasteiger partial charge is 0.370 e. The molecule has 1 amide bonds. The van der Waals surface area contributed by atoms with E-state index in [2.05, 4.69) is 45.0 Å². The molecule has 0 saturated heterocycles. The number of benzene rings is 1. The van der Waals surface area contributed by atoms with Crippen molar-refractivity contribution in [1.29, 1.82) is 0 Å². The fourth-order valence-electron chi connectivity index (χ4n) is 2.52. The Morgan fingerprint density at radius 2 is 2.04 bits per heavy atom. The van der Waals surface area contributed by atoms with Crippen molar-refractivity contribution in [2.75, 3.05) is 17.2 Å². The first kappa shape index (κ1) is 16.1. The Hall–Kier alpha value is -2.82. The van der Waals surface area contributed by atoms with Crippen molar-refractivity contribution >= 4 is 28.3 Å². The molecule has 124 valence electrons. The third-order valence-electron chi connectivity index (χ3n) is 3.93. The zero-order valence-electron chi connectivity index (χ0n) is 14.0. The third kappa shape index (κ3) is 3.74. The van der Waals surface area contributed by atoms with Crippen LogP contribution >= 0.6 is 0 Å². The maximum absolute atomic E-state index is 11.7. The van der Waals surface area contributed by atoms with Crippen LogP contribution in [0.1, 0.15) is 19.4 Å². The van der Waals surface area contributed by atoms with E-state index >= 15 is 0 Å². The van der Waals surface area contributed by atoms with Gasteiger partial charge in [-0.15, -0.1) is 0 Å². The molecule has 3 aromatic rings. The first-order valence-corrected chi connectivity index (χ1v) is 8.19. The quantitative estimate of drug-likeness (QED) is 0.646. The van der Waals surface area contributed by atoms with Crippen LogP contribution in [0.4, 0.5) is 11.5 Å². The fraction of sp³-hybridized carbons (Fsp3) is 0.263. The standard InChI is InChI=1S/C19H22N4O/c1-13(2)19(24)23-15-7-8-18(22-12-15)20-10-9-14-11-21-17-6-4-3-5-16(14)17/h3-8,11-13,21H,9-10H2,1-2H3,(H,20,22)(H,23,24). The van der Waals surface area contributed by atoms with Crippen LogP contribution in [0.3, 0.4) is 0 Å². The second-order valence-electron chi connectivity index (χ2n) is 6.11. The summed E-state index contributed by atoms with van der Waals surface area (Å²) >= 11 is 0. The highest BCUT2D eigenvalue weighted by molar-refractivity contribution is 5.91. The molecule has 3 rings (SSSR count). The van der Waals surface area contributed by atoms with Gasteiger partial charge in [0.15, 0.2) is 0 Å². The van der Waals surface area contributed by atoms with Gasteiger partial charge in [-0.1, -0.05) is 32.0 Å². The van der Waals surface area contributed by atoms with Crippen molar-refractivity contribution in [3.8, 4) is 0 Å². The first-order valence-electron chi connectivity index (χ1n) is 8.19. The van der Waals surface area contributed by atoms with E-state index in [1.165, 1.54) is 10.9 Å². The van der Waals surface area contributed by atoms with E-state index in [1.807, 2.05) is 32.0 Å². The van der Waals surface area contributed by atoms with E-state index in [1.54, 1.807) is 6.20 Å². The van der Waals surface area contributed by atoms with E-state index in [-0.39, 0.29) is 11.8 Å². The van der Waals surface area contributed by atoms with Crippen molar-refractivity contribution in [3.05, 3.63) is 54.4 Å². The van der Waals surface area contributed by atoms with Gasteiger partial charge >= 0.3 is 0 Å². The number of carbonyl (C=O) groups excluding carboxylic acids is 1. The van der Waals surface area contributed by atoms with Crippen LogP contribution in [-0.2, 0) is 11.2 Å². The predicted octanol–water partition coefficient (Wildman–Crippen LogP) is 3.81. The molecule has 5 nitrogen and oxygen atoms in total. The number of aromatic nitrogens is 2. The molecule has 0 unspecified atom stereocenters. The minimum absolute atomic E-state index is 0.00292. The summed E-state index contributed by atoms with van der Waals surface area (Å²) in [5.41, 5.74) is 3.17. The van der Waals surface area contributed by atoms with E-state index in [9.17, 15) is 4.79 Å². The molecule has 0 bridgehead atoms. The summed E-state index contributed by atoms with van der Waals surface area (Å²) in [6.45, 7) is 4.53. The first-order chi connectivity index (χ1) is 11.6. The van der Waals surface area contributed by atoms with E-state index in [4.69, 9.17) is 0 Å². The number of nitrogens with zero attached hydrogens (tertiary/aromatic N) is 1. The summed E-state index contributed by atoms with van der Waals surface area (Å²) in [5.74, 6) is 0.758. The molecule has 5 heteroatoms. The zero-order valence-corrected chi connectivity index (χ0v) is 14.0. The van der Waals surface area contributed by atoms with Crippen LogP contribution in [0, 0.1) is 5.92 Å². The van der Waals surface area contributed by atoms with Crippen molar-refractivity contribution in [1.82, 2.24) is 9.97 Å². The normalized spacial score (nSPS) is 11.0.